The standard InChI is InChI=1S/C12H15N5O3/c1-5-8(6(2)15-9(5)12(19)20)11(18)16-7(3)10-13-4-14-17-10/h4,7,15H,1-3H3,(H,16,18)(H,19,20)(H,13,14,17). The Balaban J connectivity index is 2.24. The molecule has 0 aliphatic carbocycles. The summed E-state index contributed by atoms with van der Waals surface area (Å²) < 4.78 is 0. The molecule has 0 fully saturated rings. The van der Waals surface area contributed by atoms with Gasteiger partial charge in [-0.3, -0.25) is 9.89 Å². The minimum Gasteiger partial charge on any atom is -0.477 e. The molecule has 2 aromatic heterocycles. The maximum atomic E-state index is 12.2. The highest BCUT2D eigenvalue weighted by atomic mass is 16.4. The van der Waals surface area contributed by atoms with Crippen LogP contribution in [0.4, 0.5) is 0 Å². The Hall–Kier alpha value is -2.64. The fourth-order valence-electron chi connectivity index (χ4n) is 2.07. The van der Waals surface area contributed by atoms with Crippen molar-refractivity contribution in [1.82, 2.24) is 25.5 Å². The van der Waals surface area contributed by atoms with Gasteiger partial charge in [-0.25, -0.2) is 9.78 Å². The number of aryl methyl sites for hydroxylation is 1. The third kappa shape index (κ3) is 2.40. The van der Waals surface area contributed by atoms with Gasteiger partial charge in [0.2, 0.25) is 0 Å². The number of nitrogens with zero attached hydrogens (tertiary/aromatic N) is 2. The average Bonchev–Trinajstić information content (AvgIpc) is 2.97. The maximum Gasteiger partial charge on any atom is 0.352 e. The van der Waals surface area contributed by atoms with Gasteiger partial charge in [-0.1, -0.05) is 0 Å². The molecule has 0 saturated heterocycles. The number of nitrogens with one attached hydrogen (secondary N) is 3. The van der Waals surface area contributed by atoms with E-state index in [9.17, 15) is 9.59 Å². The number of carboxylic acids is 1. The largest absolute Gasteiger partial charge is 0.477 e. The zero-order valence-corrected chi connectivity index (χ0v) is 11.3. The Kier molecular flexibility index (Phi) is 3.55. The molecule has 2 heterocycles. The van der Waals surface area contributed by atoms with Crippen molar-refractivity contribution in [2.24, 2.45) is 0 Å². The van der Waals surface area contributed by atoms with Crippen molar-refractivity contribution in [3.63, 3.8) is 0 Å². The summed E-state index contributed by atoms with van der Waals surface area (Å²) in [5.41, 5.74) is 1.30. The van der Waals surface area contributed by atoms with E-state index in [-0.39, 0.29) is 17.6 Å². The van der Waals surface area contributed by atoms with Crippen molar-refractivity contribution in [3.8, 4) is 0 Å². The van der Waals surface area contributed by atoms with E-state index < -0.39 is 5.97 Å². The fourth-order valence-corrected chi connectivity index (χ4v) is 2.07. The first-order valence-electron chi connectivity index (χ1n) is 6.00. The van der Waals surface area contributed by atoms with Crippen LogP contribution >= 0.6 is 0 Å². The molecule has 0 spiro atoms. The van der Waals surface area contributed by atoms with Crippen LogP contribution in [0.15, 0.2) is 6.33 Å². The summed E-state index contributed by atoms with van der Waals surface area (Å²) in [6.07, 6.45) is 1.35. The smallest absolute Gasteiger partial charge is 0.352 e. The number of aromatic amines is 2. The lowest BCUT2D eigenvalue weighted by atomic mass is 10.1. The van der Waals surface area contributed by atoms with Crippen molar-refractivity contribution < 1.29 is 14.7 Å². The summed E-state index contributed by atoms with van der Waals surface area (Å²) in [5, 5.41) is 18.2. The zero-order valence-electron chi connectivity index (χ0n) is 11.3. The summed E-state index contributed by atoms with van der Waals surface area (Å²) in [6, 6.07) is -0.355. The second-order valence-corrected chi connectivity index (χ2v) is 4.50. The lowest BCUT2D eigenvalue weighted by Gasteiger charge is -2.11. The summed E-state index contributed by atoms with van der Waals surface area (Å²) in [6.45, 7) is 5.02. The van der Waals surface area contributed by atoms with Crippen LogP contribution in [-0.2, 0) is 0 Å². The fraction of sp³-hybridized carbons (Fsp3) is 0.333. The van der Waals surface area contributed by atoms with Crippen molar-refractivity contribution in [2.75, 3.05) is 0 Å². The topological polar surface area (TPSA) is 124 Å². The lowest BCUT2D eigenvalue weighted by molar-refractivity contribution is 0.0690. The van der Waals surface area contributed by atoms with Gasteiger partial charge in [-0.15, -0.1) is 0 Å². The Morgan fingerprint density at radius 2 is 2.10 bits per heavy atom. The van der Waals surface area contributed by atoms with Crippen LogP contribution in [0.25, 0.3) is 0 Å². The molecule has 0 radical (unpaired) electrons. The van der Waals surface area contributed by atoms with Gasteiger partial charge in [0.05, 0.1) is 11.6 Å². The van der Waals surface area contributed by atoms with E-state index >= 15 is 0 Å². The second kappa shape index (κ2) is 5.16. The van der Waals surface area contributed by atoms with Gasteiger partial charge in [-0.2, -0.15) is 5.10 Å². The number of carbonyl (C=O) groups excluding carboxylic acids is 1. The molecule has 0 saturated carbocycles. The average molecular weight is 277 g/mol. The van der Waals surface area contributed by atoms with Crippen LogP contribution < -0.4 is 5.32 Å². The highest BCUT2D eigenvalue weighted by molar-refractivity contribution is 6.00. The van der Waals surface area contributed by atoms with E-state index in [1.165, 1.54) is 6.33 Å². The van der Waals surface area contributed by atoms with E-state index in [1.54, 1.807) is 20.8 Å². The Labute approximate surface area is 114 Å². The van der Waals surface area contributed by atoms with E-state index in [0.717, 1.165) is 0 Å². The molecular weight excluding hydrogens is 262 g/mol. The first-order valence-corrected chi connectivity index (χ1v) is 6.00. The number of aromatic nitrogens is 4. The van der Waals surface area contributed by atoms with Crippen LogP contribution in [0.3, 0.4) is 0 Å². The third-order valence-corrected chi connectivity index (χ3v) is 3.07. The molecule has 2 rings (SSSR count). The zero-order chi connectivity index (χ0) is 14.9. The van der Waals surface area contributed by atoms with Gasteiger partial charge in [0.1, 0.15) is 17.8 Å². The van der Waals surface area contributed by atoms with E-state index in [2.05, 4.69) is 25.5 Å². The number of aromatic carboxylic acids is 1. The molecule has 8 heteroatoms. The summed E-state index contributed by atoms with van der Waals surface area (Å²) in [7, 11) is 0. The number of carbonyl (C=O) groups is 2. The first-order chi connectivity index (χ1) is 9.41. The molecule has 4 N–H and O–H groups in total. The Morgan fingerprint density at radius 3 is 2.60 bits per heavy atom. The van der Waals surface area contributed by atoms with Gasteiger partial charge in [0.15, 0.2) is 0 Å². The maximum absolute atomic E-state index is 12.2. The highest BCUT2D eigenvalue weighted by Crippen LogP contribution is 2.19. The lowest BCUT2D eigenvalue weighted by Crippen LogP contribution is -2.28. The second-order valence-electron chi connectivity index (χ2n) is 4.50. The first kappa shape index (κ1) is 13.8. The van der Waals surface area contributed by atoms with Crippen molar-refractivity contribution in [2.45, 2.75) is 26.8 Å². The monoisotopic (exact) mass is 277 g/mol. The van der Waals surface area contributed by atoms with Gasteiger partial charge >= 0.3 is 5.97 Å². The van der Waals surface area contributed by atoms with Crippen LogP contribution in [0.5, 0.6) is 0 Å². The number of carboxylic acid groups (broad SMARTS) is 1. The molecule has 0 aliphatic heterocycles. The molecule has 0 aliphatic rings. The van der Waals surface area contributed by atoms with Crippen LogP contribution in [0.1, 0.15) is 50.9 Å². The molecule has 106 valence electrons. The molecule has 20 heavy (non-hydrogen) atoms. The highest BCUT2D eigenvalue weighted by Gasteiger charge is 2.23. The minimum atomic E-state index is -1.09. The summed E-state index contributed by atoms with van der Waals surface area (Å²) in [4.78, 5) is 29.9. The van der Waals surface area contributed by atoms with Gasteiger partial charge in [-0.05, 0) is 26.3 Å². The van der Waals surface area contributed by atoms with Crippen molar-refractivity contribution in [1.29, 1.82) is 0 Å². The predicted molar refractivity (Wildman–Crippen MR) is 69.5 cm³/mol. The SMILES string of the molecule is Cc1[nH]c(C(=O)O)c(C)c1C(=O)NC(C)c1ncn[nH]1. The van der Waals surface area contributed by atoms with Gasteiger partial charge < -0.3 is 15.4 Å². The van der Waals surface area contributed by atoms with Crippen LogP contribution in [-0.4, -0.2) is 37.1 Å². The quantitative estimate of drug-likeness (QED) is 0.662. The van der Waals surface area contributed by atoms with E-state index in [1.807, 2.05) is 0 Å². The Bertz CT molecular complexity index is 644. The van der Waals surface area contributed by atoms with Crippen molar-refractivity contribution in [3.05, 3.63) is 34.7 Å². The molecular formula is C12H15N5O3. The normalized spacial score (nSPS) is 12.2. The molecule has 1 unspecified atom stereocenters. The molecule has 1 atom stereocenters. The number of hydrogen-bond donors (Lipinski definition) is 4. The minimum absolute atomic E-state index is 0.0277. The number of amides is 1. The van der Waals surface area contributed by atoms with Crippen LogP contribution in [0, 0.1) is 13.8 Å². The van der Waals surface area contributed by atoms with E-state index in [4.69, 9.17) is 5.11 Å². The van der Waals surface area contributed by atoms with Crippen molar-refractivity contribution >= 4 is 11.9 Å². The van der Waals surface area contributed by atoms with Gasteiger partial charge in [0, 0.05) is 5.69 Å². The molecule has 0 aromatic carbocycles. The van der Waals surface area contributed by atoms with E-state index in [0.29, 0.717) is 22.6 Å². The third-order valence-electron chi connectivity index (χ3n) is 3.07. The summed E-state index contributed by atoms with van der Waals surface area (Å²) in [5.74, 6) is -0.914. The number of hydrogen-bond acceptors (Lipinski definition) is 4. The van der Waals surface area contributed by atoms with Crippen LogP contribution in [0.2, 0.25) is 0 Å². The predicted octanol–water partition coefficient (Wildman–Crippen LogP) is 0.939. The molecule has 2 aromatic rings. The molecule has 1 amide bonds. The molecule has 8 nitrogen and oxygen atoms in total. The Morgan fingerprint density at radius 1 is 1.40 bits per heavy atom. The van der Waals surface area contributed by atoms with Gasteiger partial charge in [0.25, 0.3) is 5.91 Å². The number of H-pyrrole nitrogens is 2. The number of rotatable bonds is 4. The molecule has 0 bridgehead atoms. The summed E-state index contributed by atoms with van der Waals surface area (Å²) >= 11 is 0.